The molecule has 0 spiro atoms. The van der Waals surface area contributed by atoms with Crippen molar-refractivity contribution >= 4 is 146 Å². The summed E-state index contributed by atoms with van der Waals surface area (Å²) in [5, 5.41) is 62.3. The van der Waals surface area contributed by atoms with Crippen LogP contribution in [0.3, 0.4) is 0 Å². The van der Waals surface area contributed by atoms with E-state index in [4.69, 9.17) is 17.2 Å². The van der Waals surface area contributed by atoms with Crippen LogP contribution in [0.1, 0.15) is 142 Å². The summed E-state index contributed by atoms with van der Waals surface area (Å²) in [5.41, 5.74) is 19.7. The zero-order valence-corrected chi connectivity index (χ0v) is 76.2. The number of primary amides is 3. The third kappa shape index (κ3) is 29.6. The largest absolute Gasteiger partial charge is 0.508 e. The van der Waals surface area contributed by atoms with Gasteiger partial charge in [0.25, 0.3) is 0 Å². The van der Waals surface area contributed by atoms with Crippen LogP contribution in [0.5, 0.6) is 5.75 Å². The van der Waals surface area contributed by atoms with Crippen LogP contribution in [0.25, 0.3) is 21.8 Å². The highest BCUT2D eigenvalue weighted by atomic mass is 32.2. The fraction of sp³-hybridized carbons (Fsp3) is 0.517. The minimum atomic E-state index is -1.91. The molecular weight excluding hydrogens is 1730 g/mol. The number of phenols is 1. The number of aliphatic hydroxyl groups excluding tert-OH is 2. The fourth-order valence-electron chi connectivity index (χ4n) is 15.6. The third-order valence-corrected chi connectivity index (χ3v) is 24.2. The lowest BCUT2D eigenvalue weighted by Crippen LogP contribution is -2.61. The summed E-state index contributed by atoms with van der Waals surface area (Å²) < 4.78 is 0. The number of thioether (sulfide) groups is 1. The average molecular weight is 1860 g/mol. The second-order valence-electron chi connectivity index (χ2n) is 33.8. The normalized spacial score (nSPS) is 25.0. The van der Waals surface area contributed by atoms with E-state index in [0.29, 0.717) is 69.8 Å². The van der Waals surface area contributed by atoms with Gasteiger partial charge in [-0.1, -0.05) is 102 Å². The van der Waals surface area contributed by atoms with E-state index in [-0.39, 0.29) is 63.0 Å². The van der Waals surface area contributed by atoms with Gasteiger partial charge in [-0.25, -0.2) is 0 Å². The molecule has 2 fully saturated rings. The SMILES string of the molecule is CCCC[C@H]1C(=O)N(C)[C@@H](CCCC)C(=O)N[C@@H](CC(C)C)C(=O)N[C@H](C(=O)NCC(N)=O)CSCC(=O)N[C@@H](Cc2ccc(O)cc2)C(=O)N(C)[C@@H](C)C(=O)N[C@@H](CC(N)=O)C(=O)N[C@H](C)C(=O)N[C@@H](CC2=CN=CC2)C(=O)N[C@@H](CCC(N)=O)C(=O)N2C[C@H](O)C[C@H]2C(=O)N[C@@H](Cc2c[nH]c3ccccc23)C(=O)N[C@@H](CO)C(=O)N[C@@H](Cc2c[nH]c3ccccc23)C(=O)N1C. The van der Waals surface area contributed by atoms with Gasteiger partial charge < -0.3 is 121 Å². The topological polar surface area (TPSA) is 635 Å². The molecule has 5 heterocycles. The van der Waals surface area contributed by atoms with Crippen LogP contribution in [0.15, 0.2) is 102 Å². The number of H-pyrrole nitrogens is 2. The number of aliphatic imine (C=N–C) groups is 1. The van der Waals surface area contributed by atoms with E-state index in [9.17, 15) is 68.1 Å². The number of rotatable bonds is 25. The number of hydrogen-bond donors (Lipinski definition) is 19. The predicted octanol–water partition coefficient (Wildman–Crippen LogP) is -2.63. The third-order valence-electron chi connectivity index (χ3n) is 23.2. The number of aliphatic hydroxyl groups is 2. The van der Waals surface area contributed by atoms with Crippen LogP contribution < -0.4 is 75.7 Å². The quantitative estimate of drug-likeness (QED) is 0.0284. The molecule has 3 aliphatic rings. The number of nitrogens with one attached hydrogen (secondary N) is 13. The van der Waals surface area contributed by atoms with E-state index >= 15 is 33.6 Å². The van der Waals surface area contributed by atoms with E-state index in [1.165, 1.54) is 76.6 Å². The Hall–Kier alpha value is -13.3. The standard InChI is InChI=1S/C89H123N21O21S/c1-10-12-22-69-84(126)102-61(32-47(3)4)80(122)106-68(78(120)96-42-74(92)116)45-132-46-75(117)98-65(33-50-24-26-54(112)27-25-50)86(128)107(7)49(6)77(119)101-64(38-73(91)115)79(121)97-48(5)76(118)100-62(34-51-30-31-93-39-51)81(123)99-60(28-29-72(90)114)88(130)110-43-55(113)37-71(110)85(127)103-63(35-52-40-94-58-20-16-14-18-56(52)58)82(124)105-67(44-111)83(125)104-66(36-53-41-95-59-21-17-15-19-57(53)59)87(129)109(9)70(23-13-11-2)89(131)108(69)8/h14-21,24-27,31,39-41,47-49,55,60-71,94-95,111-113H,10-13,22-23,28-30,32-38,42-46H2,1-9H3,(H2,90,114)(H2,91,115)(H2,92,116)(H,96,120)(H,97,121)(H,98,117)(H,99,123)(H,100,118)(H,101,119)(H,102,126)(H,103,127)(H,104,125)(H,105,124)(H,106,122)/t48-,49+,55-,60+,61+,62+,63+,64+,65+,66+,67+,68+,69+,70+,71+/m1/s1. The lowest BCUT2D eigenvalue weighted by Gasteiger charge is -2.36. The maximum Gasteiger partial charge on any atom is 0.245 e. The maximum atomic E-state index is 15.7. The summed E-state index contributed by atoms with van der Waals surface area (Å²) in [6.45, 7) is 7.22. The zero-order valence-electron chi connectivity index (χ0n) is 75.4. The summed E-state index contributed by atoms with van der Waals surface area (Å²) in [7, 11) is 3.90. The number of nitrogens with two attached hydrogens (primary N) is 3. The van der Waals surface area contributed by atoms with Crippen LogP contribution >= 0.6 is 11.8 Å². The molecule has 2 aromatic heterocycles. The van der Waals surface area contributed by atoms with Gasteiger partial charge in [0.2, 0.25) is 106 Å². The lowest BCUT2D eigenvalue weighted by atomic mass is 9.99. The first-order valence-corrected chi connectivity index (χ1v) is 45.1. The number of aromatic nitrogens is 2. The lowest BCUT2D eigenvalue weighted by molar-refractivity contribution is -0.149. The Balaban J connectivity index is 1.19. The van der Waals surface area contributed by atoms with Gasteiger partial charge in [0.15, 0.2) is 0 Å². The monoisotopic (exact) mass is 1850 g/mol. The minimum Gasteiger partial charge on any atom is -0.508 e. The van der Waals surface area contributed by atoms with E-state index in [2.05, 4.69) is 73.4 Å². The van der Waals surface area contributed by atoms with Gasteiger partial charge in [-0.2, -0.15) is 0 Å². The number of benzene rings is 3. The average Bonchev–Trinajstić information content (AvgIpc) is 1.69. The number of aromatic amines is 2. The molecular formula is C89H123N21O21S. The smallest absolute Gasteiger partial charge is 0.245 e. The van der Waals surface area contributed by atoms with Crippen LogP contribution in [-0.4, -0.2) is 300 Å². The molecule has 42 nitrogen and oxygen atoms in total. The molecule has 18 amide bonds. The maximum absolute atomic E-state index is 15.7. The second-order valence-corrected chi connectivity index (χ2v) is 34.8. The Morgan fingerprint density at radius 3 is 1.64 bits per heavy atom. The van der Waals surface area contributed by atoms with Gasteiger partial charge in [-0.3, -0.25) is 91.3 Å². The minimum absolute atomic E-state index is 0.00243. The van der Waals surface area contributed by atoms with Crippen LogP contribution in [-0.2, 0) is 106 Å². The Morgan fingerprint density at radius 2 is 1.06 bits per heavy atom. The van der Waals surface area contributed by atoms with Crippen molar-refractivity contribution in [1.29, 1.82) is 0 Å². The molecule has 2 saturated heterocycles. The van der Waals surface area contributed by atoms with Crippen LogP contribution in [0, 0.1) is 5.92 Å². The summed E-state index contributed by atoms with van der Waals surface area (Å²) in [6.07, 6.45) is 2.84. The highest BCUT2D eigenvalue weighted by Gasteiger charge is 2.46. The van der Waals surface area contributed by atoms with Crippen LogP contribution in [0.4, 0.5) is 0 Å². The van der Waals surface area contributed by atoms with Crippen molar-refractivity contribution < 1.29 is 102 Å². The van der Waals surface area contributed by atoms with E-state index < -0.39 is 254 Å². The van der Waals surface area contributed by atoms with Gasteiger partial charge in [0.05, 0.1) is 31.4 Å². The van der Waals surface area contributed by atoms with E-state index in [0.717, 1.165) is 26.5 Å². The summed E-state index contributed by atoms with van der Waals surface area (Å²) >= 11 is 0.779. The molecule has 3 aromatic carbocycles. The number of fused-ring (bicyclic) bond motifs is 3. The highest BCUT2D eigenvalue weighted by Crippen LogP contribution is 2.27. The molecule has 132 heavy (non-hydrogen) atoms. The van der Waals surface area contributed by atoms with Crippen molar-refractivity contribution in [3.05, 3.63) is 114 Å². The zero-order chi connectivity index (χ0) is 96.9. The van der Waals surface area contributed by atoms with Gasteiger partial charge in [0.1, 0.15) is 90.3 Å². The van der Waals surface area contributed by atoms with Gasteiger partial charge in [-0.15, -0.1) is 11.8 Å². The number of phenolic OH excluding ortho intramolecular Hbond substituents is 1. The van der Waals surface area contributed by atoms with Crippen molar-refractivity contribution in [1.82, 2.24) is 88.1 Å². The Morgan fingerprint density at radius 1 is 0.538 bits per heavy atom. The summed E-state index contributed by atoms with van der Waals surface area (Å²) in [5.74, 6) is -19.2. The predicted molar refractivity (Wildman–Crippen MR) is 485 cm³/mol. The fourth-order valence-corrected chi connectivity index (χ4v) is 16.5. The first-order valence-electron chi connectivity index (χ1n) is 43.9. The van der Waals surface area contributed by atoms with Gasteiger partial charge in [0, 0.05) is 119 Å². The van der Waals surface area contributed by atoms with Crippen molar-refractivity contribution in [3.8, 4) is 5.75 Å². The Kier molecular flexibility index (Phi) is 39.1. The summed E-state index contributed by atoms with van der Waals surface area (Å²) in [6, 6.07) is -3.01. The Bertz CT molecular complexity index is 5080. The number of carbonyl (C=O) groups is 18. The molecule has 5 aromatic rings. The molecule has 0 bridgehead atoms. The van der Waals surface area contributed by atoms with Crippen LogP contribution in [0.2, 0.25) is 0 Å². The molecule has 0 unspecified atom stereocenters. The Labute approximate surface area is 766 Å². The molecule has 8 rings (SSSR count). The molecule has 0 aliphatic carbocycles. The molecule has 15 atom stereocenters. The van der Waals surface area contributed by atoms with E-state index in [1.54, 1.807) is 74.8 Å². The molecule has 716 valence electrons. The van der Waals surface area contributed by atoms with Crippen molar-refractivity contribution in [2.45, 2.75) is 235 Å². The number of likely N-dealkylation sites (N-methyl/N-ethyl adjacent to an activating group) is 3. The molecule has 43 heteroatoms. The van der Waals surface area contributed by atoms with Gasteiger partial charge >= 0.3 is 0 Å². The molecule has 22 N–H and O–H groups in total. The number of amides is 18. The molecule has 0 saturated carbocycles. The number of carbonyl (C=O) groups excluding carboxylic acids is 18. The first kappa shape index (κ1) is 104. The number of para-hydroxylation sites is 2. The number of aromatic hydroxyl groups is 1. The first-order chi connectivity index (χ1) is 62.7. The number of hydrogen-bond acceptors (Lipinski definition) is 23. The van der Waals surface area contributed by atoms with Crippen molar-refractivity contribution in [3.63, 3.8) is 0 Å². The number of nitrogens with zero attached hydrogens (tertiary/aromatic N) is 5. The van der Waals surface area contributed by atoms with Crippen molar-refractivity contribution in [2.24, 2.45) is 28.1 Å². The molecule has 3 aliphatic heterocycles. The second kappa shape index (κ2) is 49.6. The highest BCUT2D eigenvalue weighted by molar-refractivity contribution is 8.00. The number of unbranched alkanes of at least 4 members (excludes halogenated alkanes) is 2. The van der Waals surface area contributed by atoms with Crippen molar-refractivity contribution in [2.75, 3.05) is 52.3 Å². The van der Waals surface area contributed by atoms with E-state index in [1.807, 2.05) is 13.8 Å². The molecule has 0 radical (unpaired) electrons. The van der Waals surface area contributed by atoms with Gasteiger partial charge in [-0.05, 0) is 98.4 Å². The summed E-state index contributed by atoms with van der Waals surface area (Å²) in [4.78, 5) is 275.